The summed E-state index contributed by atoms with van der Waals surface area (Å²) in [6, 6.07) is 16.3. The van der Waals surface area contributed by atoms with Gasteiger partial charge < -0.3 is 4.98 Å². The normalized spacial score (nSPS) is 12.0. The Kier molecular flexibility index (Phi) is 5.23. The molecule has 0 saturated carbocycles. The molecule has 26 heavy (non-hydrogen) atoms. The van der Waals surface area contributed by atoms with E-state index < -0.39 is 0 Å². The van der Waals surface area contributed by atoms with Crippen LogP contribution in [-0.2, 0) is 18.5 Å². The number of H-pyrrole nitrogens is 1. The minimum atomic E-state index is -0.0730. The number of para-hydroxylation sites is 1. The minimum absolute atomic E-state index is 0.0730. The van der Waals surface area contributed by atoms with E-state index in [0.29, 0.717) is 17.8 Å². The molecule has 0 fully saturated rings. The zero-order valence-electron chi connectivity index (χ0n) is 16.0. The molecule has 3 rings (SSSR count). The Bertz CT molecular complexity index is 936. The molecule has 1 heterocycles. The van der Waals surface area contributed by atoms with Crippen molar-refractivity contribution >= 4 is 10.9 Å². The zero-order chi connectivity index (χ0) is 18.7. The Balaban J connectivity index is 1.77. The van der Waals surface area contributed by atoms with Gasteiger partial charge in [-0.05, 0) is 35.2 Å². The first kappa shape index (κ1) is 18.3. The SMILES string of the molecule is CCN(Cc1ccc(C(C)(C)C)cc1)Cc1nc2ccccc2c(=O)[nH]1. The van der Waals surface area contributed by atoms with Gasteiger partial charge in [0.15, 0.2) is 0 Å². The maximum Gasteiger partial charge on any atom is 0.258 e. The summed E-state index contributed by atoms with van der Waals surface area (Å²) < 4.78 is 0. The van der Waals surface area contributed by atoms with Gasteiger partial charge >= 0.3 is 0 Å². The Morgan fingerprint density at radius 3 is 2.35 bits per heavy atom. The van der Waals surface area contributed by atoms with E-state index in [0.717, 1.165) is 18.6 Å². The summed E-state index contributed by atoms with van der Waals surface area (Å²) in [6.45, 7) is 11.1. The molecule has 0 aliphatic heterocycles. The lowest BCUT2D eigenvalue weighted by molar-refractivity contribution is 0.264. The first-order chi connectivity index (χ1) is 12.4. The van der Waals surface area contributed by atoms with E-state index in [2.05, 4.69) is 66.8 Å². The van der Waals surface area contributed by atoms with E-state index in [9.17, 15) is 4.79 Å². The van der Waals surface area contributed by atoms with Gasteiger partial charge in [-0.15, -0.1) is 0 Å². The van der Waals surface area contributed by atoms with Crippen LogP contribution >= 0.6 is 0 Å². The van der Waals surface area contributed by atoms with Gasteiger partial charge in [0.2, 0.25) is 0 Å². The van der Waals surface area contributed by atoms with Gasteiger partial charge in [-0.25, -0.2) is 4.98 Å². The molecule has 1 N–H and O–H groups in total. The Morgan fingerprint density at radius 1 is 1.00 bits per heavy atom. The number of benzene rings is 2. The molecule has 2 aromatic carbocycles. The van der Waals surface area contributed by atoms with Gasteiger partial charge in [0.25, 0.3) is 5.56 Å². The van der Waals surface area contributed by atoms with Crippen molar-refractivity contribution in [2.24, 2.45) is 0 Å². The number of hydrogen-bond donors (Lipinski definition) is 1. The number of aromatic nitrogens is 2. The molecular weight excluding hydrogens is 322 g/mol. The summed E-state index contributed by atoms with van der Waals surface area (Å²) in [5.41, 5.74) is 3.44. The molecule has 0 unspecified atom stereocenters. The minimum Gasteiger partial charge on any atom is -0.309 e. The highest BCUT2D eigenvalue weighted by Gasteiger charge is 2.14. The third-order valence-electron chi connectivity index (χ3n) is 4.71. The number of fused-ring (bicyclic) bond motifs is 1. The zero-order valence-corrected chi connectivity index (χ0v) is 16.0. The van der Waals surface area contributed by atoms with Crippen LogP contribution in [0.15, 0.2) is 53.3 Å². The highest BCUT2D eigenvalue weighted by Crippen LogP contribution is 2.22. The molecule has 0 aliphatic rings. The lowest BCUT2D eigenvalue weighted by atomic mass is 9.87. The van der Waals surface area contributed by atoms with E-state index in [1.807, 2.05) is 18.2 Å². The molecule has 0 atom stereocenters. The van der Waals surface area contributed by atoms with E-state index in [1.165, 1.54) is 11.1 Å². The van der Waals surface area contributed by atoms with Gasteiger partial charge in [-0.3, -0.25) is 9.69 Å². The summed E-state index contributed by atoms with van der Waals surface area (Å²) in [6.07, 6.45) is 0. The van der Waals surface area contributed by atoms with Crippen LogP contribution in [0.4, 0.5) is 0 Å². The molecular formula is C22H27N3O. The first-order valence-electron chi connectivity index (χ1n) is 9.16. The van der Waals surface area contributed by atoms with Crippen LogP contribution in [-0.4, -0.2) is 21.4 Å². The maximum atomic E-state index is 12.2. The molecule has 136 valence electrons. The molecule has 0 radical (unpaired) electrons. The van der Waals surface area contributed by atoms with Crippen molar-refractivity contribution in [1.29, 1.82) is 0 Å². The topological polar surface area (TPSA) is 49.0 Å². The van der Waals surface area contributed by atoms with Gasteiger partial charge in [0.1, 0.15) is 5.82 Å². The lowest BCUT2D eigenvalue weighted by Crippen LogP contribution is -2.25. The number of aromatic amines is 1. The Hall–Kier alpha value is -2.46. The second-order valence-electron chi connectivity index (χ2n) is 7.78. The van der Waals surface area contributed by atoms with Crippen molar-refractivity contribution in [3.05, 3.63) is 75.8 Å². The van der Waals surface area contributed by atoms with Gasteiger partial charge in [0.05, 0.1) is 17.4 Å². The van der Waals surface area contributed by atoms with Crippen molar-refractivity contribution in [3.63, 3.8) is 0 Å². The number of nitrogens with one attached hydrogen (secondary N) is 1. The fourth-order valence-electron chi connectivity index (χ4n) is 3.07. The van der Waals surface area contributed by atoms with Gasteiger partial charge in [-0.2, -0.15) is 0 Å². The summed E-state index contributed by atoms with van der Waals surface area (Å²) in [4.78, 5) is 22.1. The highest BCUT2D eigenvalue weighted by atomic mass is 16.1. The van der Waals surface area contributed by atoms with Gasteiger partial charge in [-0.1, -0.05) is 64.1 Å². The summed E-state index contributed by atoms with van der Waals surface area (Å²) in [5, 5.41) is 0.636. The molecule has 0 bridgehead atoms. The fraction of sp³-hybridized carbons (Fsp3) is 0.364. The van der Waals surface area contributed by atoms with Crippen LogP contribution < -0.4 is 5.56 Å². The Morgan fingerprint density at radius 2 is 1.69 bits per heavy atom. The third-order valence-corrected chi connectivity index (χ3v) is 4.71. The van der Waals surface area contributed by atoms with Crippen molar-refractivity contribution in [3.8, 4) is 0 Å². The molecule has 4 nitrogen and oxygen atoms in total. The number of rotatable bonds is 5. The smallest absolute Gasteiger partial charge is 0.258 e. The second-order valence-corrected chi connectivity index (χ2v) is 7.78. The van der Waals surface area contributed by atoms with E-state index in [1.54, 1.807) is 6.07 Å². The van der Waals surface area contributed by atoms with Crippen LogP contribution in [0.3, 0.4) is 0 Å². The quantitative estimate of drug-likeness (QED) is 0.749. The predicted octanol–water partition coefficient (Wildman–Crippen LogP) is 4.24. The standard InChI is InChI=1S/C22H27N3O/c1-5-25(14-16-10-12-17(13-11-16)22(2,3)4)15-20-23-19-9-7-6-8-18(19)21(26)24-20/h6-13H,5,14-15H2,1-4H3,(H,23,24,26). The molecule has 1 aromatic heterocycles. The average Bonchev–Trinajstić information content (AvgIpc) is 2.61. The van der Waals surface area contributed by atoms with Crippen LogP contribution in [0.2, 0.25) is 0 Å². The second kappa shape index (κ2) is 7.42. The van der Waals surface area contributed by atoms with Crippen molar-refractivity contribution in [1.82, 2.24) is 14.9 Å². The molecule has 0 spiro atoms. The van der Waals surface area contributed by atoms with Crippen molar-refractivity contribution in [2.75, 3.05) is 6.54 Å². The molecule has 3 aromatic rings. The Labute approximate surface area is 154 Å². The lowest BCUT2D eigenvalue weighted by Gasteiger charge is -2.22. The summed E-state index contributed by atoms with van der Waals surface area (Å²) in [5.74, 6) is 0.710. The largest absolute Gasteiger partial charge is 0.309 e. The van der Waals surface area contributed by atoms with Crippen LogP contribution in [0.5, 0.6) is 0 Å². The predicted molar refractivity (Wildman–Crippen MR) is 107 cm³/mol. The average molecular weight is 349 g/mol. The van der Waals surface area contributed by atoms with Crippen LogP contribution in [0.25, 0.3) is 10.9 Å². The van der Waals surface area contributed by atoms with Crippen molar-refractivity contribution in [2.45, 2.75) is 46.2 Å². The first-order valence-corrected chi connectivity index (χ1v) is 9.16. The molecule has 4 heteroatoms. The number of hydrogen-bond acceptors (Lipinski definition) is 3. The monoisotopic (exact) mass is 349 g/mol. The van der Waals surface area contributed by atoms with Crippen LogP contribution in [0.1, 0.15) is 44.6 Å². The summed E-state index contributed by atoms with van der Waals surface area (Å²) in [7, 11) is 0. The fourth-order valence-corrected chi connectivity index (χ4v) is 3.07. The third kappa shape index (κ3) is 4.20. The van der Waals surface area contributed by atoms with E-state index >= 15 is 0 Å². The molecule has 0 saturated heterocycles. The van der Waals surface area contributed by atoms with Gasteiger partial charge in [0, 0.05) is 6.54 Å². The van der Waals surface area contributed by atoms with E-state index in [-0.39, 0.29) is 11.0 Å². The number of nitrogens with zero attached hydrogens (tertiary/aromatic N) is 2. The maximum absolute atomic E-state index is 12.2. The highest BCUT2D eigenvalue weighted by molar-refractivity contribution is 5.77. The van der Waals surface area contributed by atoms with E-state index in [4.69, 9.17) is 0 Å². The molecule has 0 aliphatic carbocycles. The van der Waals surface area contributed by atoms with Crippen molar-refractivity contribution < 1.29 is 0 Å². The summed E-state index contributed by atoms with van der Waals surface area (Å²) >= 11 is 0. The van der Waals surface area contributed by atoms with Crippen LogP contribution in [0, 0.1) is 0 Å². The molecule has 0 amide bonds.